The Morgan fingerprint density at radius 3 is 2.84 bits per heavy atom. The third-order valence-electron chi connectivity index (χ3n) is 3.25. The molecule has 0 aliphatic heterocycles. The van der Waals surface area contributed by atoms with E-state index in [1.807, 2.05) is 31.4 Å². The molecule has 3 aromatic rings. The molecule has 3 rings (SSSR count). The first-order chi connectivity index (χ1) is 9.19. The van der Waals surface area contributed by atoms with Crippen LogP contribution in [0, 0.1) is 0 Å². The molecule has 96 valence electrons. The molecule has 19 heavy (non-hydrogen) atoms. The lowest BCUT2D eigenvalue weighted by Crippen LogP contribution is -2.09. The second-order valence-corrected chi connectivity index (χ2v) is 4.51. The highest BCUT2D eigenvalue weighted by atomic mass is 16.1. The number of nitrogens with zero attached hydrogens (tertiary/aromatic N) is 2. The first-order valence-electron chi connectivity index (χ1n) is 6.02. The van der Waals surface area contributed by atoms with Crippen LogP contribution in [0.3, 0.4) is 0 Å². The number of hydrogen-bond acceptors (Lipinski definition) is 3. The second kappa shape index (κ2) is 4.37. The van der Waals surface area contributed by atoms with E-state index >= 15 is 0 Å². The van der Waals surface area contributed by atoms with Gasteiger partial charge in [0.15, 0.2) is 0 Å². The predicted molar refractivity (Wildman–Crippen MR) is 74.7 cm³/mol. The SMILES string of the molecule is Cn1cc(-c2ccc3c(=O)[nH]cc(CN)c3c2)cn1. The van der Waals surface area contributed by atoms with E-state index < -0.39 is 0 Å². The quantitative estimate of drug-likeness (QED) is 0.725. The van der Waals surface area contributed by atoms with Crippen molar-refractivity contribution in [2.45, 2.75) is 6.54 Å². The summed E-state index contributed by atoms with van der Waals surface area (Å²) in [6.07, 6.45) is 5.42. The van der Waals surface area contributed by atoms with Crippen LogP contribution < -0.4 is 11.3 Å². The zero-order chi connectivity index (χ0) is 13.4. The van der Waals surface area contributed by atoms with Crippen molar-refractivity contribution in [2.75, 3.05) is 0 Å². The van der Waals surface area contributed by atoms with E-state index in [1.165, 1.54) is 0 Å². The highest BCUT2D eigenvalue weighted by Gasteiger charge is 2.07. The highest BCUT2D eigenvalue weighted by molar-refractivity contribution is 5.88. The van der Waals surface area contributed by atoms with Gasteiger partial charge in [-0.25, -0.2) is 0 Å². The Morgan fingerprint density at radius 1 is 1.32 bits per heavy atom. The molecule has 0 radical (unpaired) electrons. The fourth-order valence-corrected chi connectivity index (χ4v) is 2.23. The van der Waals surface area contributed by atoms with E-state index in [1.54, 1.807) is 17.1 Å². The Kier molecular flexibility index (Phi) is 2.68. The number of pyridine rings is 1. The highest BCUT2D eigenvalue weighted by Crippen LogP contribution is 2.24. The number of rotatable bonds is 2. The lowest BCUT2D eigenvalue weighted by atomic mass is 10.0. The van der Waals surface area contributed by atoms with Gasteiger partial charge in [-0.15, -0.1) is 0 Å². The molecule has 5 heteroatoms. The molecule has 0 amide bonds. The van der Waals surface area contributed by atoms with Crippen LogP contribution >= 0.6 is 0 Å². The zero-order valence-corrected chi connectivity index (χ0v) is 10.6. The van der Waals surface area contributed by atoms with Gasteiger partial charge in [-0.2, -0.15) is 5.10 Å². The standard InChI is InChI=1S/C14H14N4O/c1-18-8-11(7-17-18)9-2-3-12-13(4-9)10(5-15)6-16-14(12)19/h2-4,6-8H,5,15H2,1H3,(H,16,19). The van der Waals surface area contributed by atoms with Crippen molar-refractivity contribution in [3.63, 3.8) is 0 Å². The van der Waals surface area contributed by atoms with Gasteiger partial charge >= 0.3 is 0 Å². The third-order valence-corrected chi connectivity index (χ3v) is 3.25. The van der Waals surface area contributed by atoms with Crippen LogP contribution in [0.15, 0.2) is 41.6 Å². The van der Waals surface area contributed by atoms with Crippen LogP contribution in [0.2, 0.25) is 0 Å². The van der Waals surface area contributed by atoms with Gasteiger partial charge in [0.25, 0.3) is 5.56 Å². The Labute approximate surface area is 109 Å². The molecule has 0 fully saturated rings. The molecular formula is C14H14N4O. The van der Waals surface area contributed by atoms with Gasteiger partial charge in [0, 0.05) is 36.9 Å². The third kappa shape index (κ3) is 1.94. The fraction of sp³-hybridized carbons (Fsp3) is 0.143. The number of hydrogen-bond donors (Lipinski definition) is 2. The van der Waals surface area contributed by atoms with Gasteiger partial charge in [0.1, 0.15) is 0 Å². The summed E-state index contributed by atoms with van der Waals surface area (Å²) in [5.41, 5.74) is 8.61. The van der Waals surface area contributed by atoms with Crippen molar-refractivity contribution in [1.29, 1.82) is 0 Å². The van der Waals surface area contributed by atoms with Gasteiger partial charge in [0.05, 0.1) is 6.20 Å². The number of benzene rings is 1. The molecule has 2 aromatic heterocycles. The Bertz CT molecular complexity index is 801. The topological polar surface area (TPSA) is 76.7 Å². The molecule has 0 bridgehead atoms. The van der Waals surface area contributed by atoms with E-state index in [-0.39, 0.29) is 5.56 Å². The Morgan fingerprint density at radius 2 is 2.16 bits per heavy atom. The molecule has 3 N–H and O–H groups in total. The molecule has 0 unspecified atom stereocenters. The Hall–Kier alpha value is -2.40. The molecule has 0 aliphatic rings. The first-order valence-corrected chi connectivity index (χ1v) is 6.02. The fourth-order valence-electron chi connectivity index (χ4n) is 2.23. The summed E-state index contributed by atoms with van der Waals surface area (Å²) in [5.74, 6) is 0. The monoisotopic (exact) mass is 254 g/mol. The van der Waals surface area contributed by atoms with E-state index in [4.69, 9.17) is 5.73 Å². The smallest absolute Gasteiger partial charge is 0.255 e. The summed E-state index contributed by atoms with van der Waals surface area (Å²) >= 11 is 0. The van der Waals surface area contributed by atoms with Gasteiger partial charge < -0.3 is 10.7 Å². The lowest BCUT2D eigenvalue weighted by molar-refractivity contribution is 0.768. The van der Waals surface area contributed by atoms with Crippen LogP contribution in [0.25, 0.3) is 21.9 Å². The molecule has 0 spiro atoms. The summed E-state index contributed by atoms with van der Waals surface area (Å²) in [4.78, 5) is 14.5. The summed E-state index contributed by atoms with van der Waals surface area (Å²) in [7, 11) is 1.88. The molecule has 1 aromatic carbocycles. The van der Waals surface area contributed by atoms with Gasteiger partial charge in [-0.1, -0.05) is 6.07 Å². The van der Waals surface area contributed by atoms with Crippen molar-refractivity contribution in [3.8, 4) is 11.1 Å². The van der Waals surface area contributed by atoms with Gasteiger partial charge in [-0.3, -0.25) is 9.48 Å². The van der Waals surface area contributed by atoms with E-state index in [0.29, 0.717) is 11.9 Å². The van der Waals surface area contributed by atoms with E-state index in [2.05, 4.69) is 10.1 Å². The maximum Gasteiger partial charge on any atom is 0.255 e. The number of nitrogens with two attached hydrogens (primary N) is 1. The van der Waals surface area contributed by atoms with E-state index in [0.717, 1.165) is 22.1 Å². The molecular weight excluding hydrogens is 240 g/mol. The summed E-state index contributed by atoms with van der Waals surface area (Å²) < 4.78 is 1.75. The average Bonchev–Trinajstić information content (AvgIpc) is 2.86. The Balaban J connectivity index is 2.28. The number of aryl methyl sites for hydroxylation is 1. The van der Waals surface area contributed by atoms with Crippen molar-refractivity contribution in [1.82, 2.24) is 14.8 Å². The van der Waals surface area contributed by atoms with Crippen LogP contribution in [0.4, 0.5) is 0 Å². The second-order valence-electron chi connectivity index (χ2n) is 4.51. The number of nitrogens with one attached hydrogen (secondary N) is 1. The van der Waals surface area contributed by atoms with Crippen LogP contribution in [0.1, 0.15) is 5.56 Å². The largest absolute Gasteiger partial charge is 0.328 e. The van der Waals surface area contributed by atoms with Crippen LogP contribution in [0.5, 0.6) is 0 Å². The molecule has 0 saturated heterocycles. The minimum Gasteiger partial charge on any atom is -0.328 e. The zero-order valence-electron chi connectivity index (χ0n) is 10.6. The van der Waals surface area contributed by atoms with Crippen molar-refractivity contribution in [2.24, 2.45) is 12.8 Å². The lowest BCUT2D eigenvalue weighted by Gasteiger charge is -2.05. The van der Waals surface area contributed by atoms with Gasteiger partial charge in [-0.05, 0) is 28.6 Å². The first kappa shape index (κ1) is 11.7. The predicted octanol–water partition coefficient (Wildman–Crippen LogP) is 1.39. The maximum atomic E-state index is 11.8. The maximum absolute atomic E-state index is 11.8. The van der Waals surface area contributed by atoms with Crippen LogP contribution in [-0.4, -0.2) is 14.8 Å². The van der Waals surface area contributed by atoms with Crippen molar-refractivity contribution >= 4 is 10.8 Å². The number of aromatic amines is 1. The molecule has 5 nitrogen and oxygen atoms in total. The molecule has 0 atom stereocenters. The van der Waals surface area contributed by atoms with E-state index in [9.17, 15) is 4.79 Å². The normalized spacial score (nSPS) is 11.1. The average molecular weight is 254 g/mol. The minimum absolute atomic E-state index is 0.0927. The molecule has 2 heterocycles. The summed E-state index contributed by atoms with van der Waals surface area (Å²) in [5, 5.41) is 5.72. The van der Waals surface area contributed by atoms with Crippen molar-refractivity contribution in [3.05, 3.63) is 52.7 Å². The molecule has 0 saturated carbocycles. The van der Waals surface area contributed by atoms with Crippen molar-refractivity contribution < 1.29 is 0 Å². The molecule has 0 aliphatic carbocycles. The number of fused-ring (bicyclic) bond motifs is 1. The minimum atomic E-state index is -0.0927. The number of H-pyrrole nitrogens is 1. The summed E-state index contributed by atoms with van der Waals surface area (Å²) in [6, 6.07) is 5.74. The van der Waals surface area contributed by atoms with Gasteiger partial charge in [0.2, 0.25) is 0 Å². The number of aromatic nitrogens is 3. The van der Waals surface area contributed by atoms with Crippen LogP contribution in [-0.2, 0) is 13.6 Å². The summed E-state index contributed by atoms with van der Waals surface area (Å²) in [6.45, 7) is 0.393.